The van der Waals surface area contributed by atoms with Gasteiger partial charge in [0.05, 0.1) is 6.61 Å². The summed E-state index contributed by atoms with van der Waals surface area (Å²) < 4.78 is 15.0. The molecule has 1 fully saturated rings. The molecule has 1 saturated heterocycles. The number of rotatable bonds is 7. The second-order valence-corrected chi connectivity index (χ2v) is 8.24. The summed E-state index contributed by atoms with van der Waals surface area (Å²) in [4.78, 5) is 11.8. The molecule has 1 aliphatic heterocycles. The SMILES string of the molecule is CC(=O)N[C@@H]1[C@H](O)[C@H](O)[C@@H](CO)O[C@@H]1n1nc(COc2ccccc2)n(-c2ccccc2)c1=S. The smallest absolute Gasteiger partial charge is 0.217 e. The molecule has 0 bridgehead atoms. The minimum Gasteiger partial charge on any atom is -0.486 e. The van der Waals surface area contributed by atoms with E-state index in [1.54, 1.807) is 4.57 Å². The lowest BCUT2D eigenvalue weighted by atomic mass is 9.96. The van der Waals surface area contributed by atoms with Gasteiger partial charge in [-0.3, -0.25) is 9.36 Å². The predicted octanol–water partition coefficient (Wildman–Crippen LogP) is 1.10. The van der Waals surface area contributed by atoms with Crippen molar-refractivity contribution in [3.8, 4) is 11.4 Å². The van der Waals surface area contributed by atoms with Gasteiger partial charge in [-0.2, -0.15) is 5.10 Å². The Labute approximate surface area is 201 Å². The van der Waals surface area contributed by atoms with E-state index in [9.17, 15) is 20.1 Å². The van der Waals surface area contributed by atoms with Gasteiger partial charge in [0.25, 0.3) is 0 Å². The highest BCUT2D eigenvalue weighted by molar-refractivity contribution is 7.71. The molecule has 3 aromatic rings. The van der Waals surface area contributed by atoms with Crippen molar-refractivity contribution in [1.29, 1.82) is 0 Å². The van der Waals surface area contributed by atoms with E-state index in [1.807, 2.05) is 60.7 Å². The first-order valence-corrected chi connectivity index (χ1v) is 11.1. The van der Waals surface area contributed by atoms with Gasteiger partial charge >= 0.3 is 0 Å². The van der Waals surface area contributed by atoms with Crippen LogP contribution in [0, 0.1) is 4.77 Å². The van der Waals surface area contributed by atoms with Crippen LogP contribution in [0.1, 0.15) is 19.0 Å². The number of aliphatic hydroxyl groups is 3. The number of hydrogen-bond acceptors (Lipinski definition) is 8. The Morgan fingerprint density at radius 3 is 2.38 bits per heavy atom. The molecule has 1 aliphatic rings. The summed E-state index contributed by atoms with van der Waals surface area (Å²) in [5, 5.41) is 37.9. The van der Waals surface area contributed by atoms with Crippen LogP contribution in [-0.4, -0.2) is 66.5 Å². The van der Waals surface area contributed by atoms with Crippen LogP contribution in [0.2, 0.25) is 0 Å². The quantitative estimate of drug-likeness (QED) is 0.365. The highest BCUT2D eigenvalue weighted by atomic mass is 32.1. The minimum atomic E-state index is -1.42. The van der Waals surface area contributed by atoms with E-state index in [0.29, 0.717) is 11.6 Å². The highest BCUT2D eigenvalue weighted by Gasteiger charge is 2.46. The van der Waals surface area contributed by atoms with Crippen molar-refractivity contribution in [2.45, 2.75) is 44.1 Å². The lowest BCUT2D eigenvalue weighted by Crippen LogP contribution is -2.62. The van der Waals surface area contributed by atoms with E-state index in [2.05, 4.69) is 10.4 Å². The zero-order valence-corrected chi connectivity index (χ0v) is 19.2. The Balaban J connectivity index is 1.77. The number of para-hydroxylation sites is 2. The van der Waals surface area contributed by atoms with Crippen LogP contribution in [0.15, 0.2) is 60.7 Å². The first-order chi connectivity index (χ1) is 16.4. The largest absolute Gasteiger partial charge is 0.486 e. The van der Waals surface area contributed by atoms with E-state index < -0.39 is 43.1 Å². The monoisotopic (exact) mass is 486 g/mol. The van der Waals surface area contributed by atoms with E-state index in [0.717, 1.165) is 5.69 Å². The van der Waals surface area contributed by atoms with Crippen LogP contribution in [0.3, 0.4) is 0 Å². The second-order valence-electron chi connectivity index (χ2n) is 7.87. The van der Waals surface area contributed by atoms with Crippen molar-refractivity contribution in [2.24, 2.45) is 0 Å². The summed E-state index contributed by atoms with van der Waals surface area (Å²) in [6.07, 6.45) is -5.03. The maximum atomic E-state index is 11.8. The Morgan fingerprint density at radius 2 is 1.76 bits per heavy atom. The van der Waals surface area contributed by atoms with Crippen LogP contribution in [-0.2, 0) is 16.1 Å². The van der Waals surface area contributed by atoms with Crippen LogP contribution in [0.4, 0.5) is 0 Å². The van der Waals surface area contributed by atoms with Gasteiger partial charge in [0.2, 0.25) is 10.7 Å². The van der Waals surface area contributed by atoms with Gasteiger partial charge in [-0.25, -0.2) is 4.68 Å². The predicted molar refractivity (Wildman–Crippen MR) is 124 cm³/mol. The van der Waals surface area contributed by atoms with Crippen molar-refractivity contribution in [3.63, 3.8) is 0 Å². The van der Waals surface area contributed by atoms with Crippen molar-refractivity contribution in [1.82, 2.24) is 19.7 Å². The van der Waals surface area contributed by atoms with E-state index in [4.69, 9.17) is 21.7 Å². The van der Waals surface area contributed by atoms with Crippen molar-refractivity contribution in [2.75, 3.05) is 6.61 Å². The molecule has 10 nitrogen and oxygen atoms in total. The maximum Gasteiger partial charge on any atom is 0.217 e. The number of nitrogens with one attached hydrogen (secondary N) is 1. The molecule has 0 aliphatic carbocycles. The fourth-order valence-electron chi connectivity index (χ4n) is 3.88. The molecular formula is C23H26N4O6S. The molecule has 180 valence electrons. The topological polar surface area (TPSA) is 131 Å². The molecule has 0 saturated carbocycles. The number of carbonyl (C=O) groups is 1. The number of carbonyl (C=O) groups excluding carboxylic acids is 1. The molecule has 5 atom stereocenters. The third-order valence-corrected chi connectivity index (χ3v) is 5.87. The third kappa shape index (κ3) is 4.88. The molecule has 2 heterocycles. The highest BCUT2D eigenvalue weighted by Crippen LogP contribution is 2.29. The Kier molecular flexibility index (Phi) is 7.39. The number of nitrogens with zero attached hydrogens (tertiary/aromatic N) is 3. The number of benzene rings is 2. The van der Waals surface area contributed by atoms with Gasteiger partial charge in [-0.15, -0.1) is 0 Å². The standard InChI is InChI=1S/C23H26N4O6S/c1-14(29)24-19-21(31)20(30)17(12-28)33-22(19)27-23(34)26(15-8-4-2-5-9-15)18(25-27)13-32-16-10-6-3-7-11-16/h2-11,17,19-22,28,30-31H,12-13H2,1H3,(H,24,29)/t17-,19-,20-,21+,22+/m1/s1. The van der Waals surface area contributed by atoms with E-state index in [1.165, 1.54) is 11.6 Å². The number of hydrogen-bond donors (Lipinski definition) is 4. The number of ether oxygens (including phenoxy) is 2. The fourth-order valence-corrected chi connectivity index (χ4v) is 4.24. The lowest BCUT2D eigenvalue weighted by Gasteiger charge is -2.42. The normalized spacial score (nSPS) is 24.5. The van der Waals surface area contributed by atoms with Crippen molar-refractivity contribution in [3.05, 3.63) is 71.3 Å². The zero-order valence-electron chi connectivity index (χ0n) is 18.4. The third-order valence-electron chi connectivity index (χ3n) is 5.51. The van der Waals surface area contributed by atoms with Crippen LogP contribution in [0.25, 0.3) is 5.69 Å². The van der Waals surface area contributed by atoms with Gasteiger partial charge in [-0.05, 0) is 36.5 Å². The van der Waals surface area contributed by atoms with Crippen LogP contribution >= 0.6 is 12.2 Å². The molecule has 2 aromatic carbocycles. The molecule has 4 N–H and O–H groups in total. The maximum absolute atomic E-state index is 11.8. The first-order valence-electron chi connectivity index (χ1n) is 10.7. The van der Waals surface area contributed by atoms with Gasteiger partial charge in [-0.1, -0.05) is 36.4 Å². The minimum absolute atomic E-state index is 0.0711. The number of amides is 1. The molecule has 1 amide bonds. The number of aliphatic hydroxyl groups excluding tert-OH is 3. The summed E-state index contributed by atoms with van der Waals surface area (Å²) >= 11 is 5.72. The molecule has 34 heavy (non-hydrogen) atoms. The average Bonchev–Trinajstić information content (AvgIpc) is 3.17. The molecule has 1 aromatic heterocycles. The van der Waals surface area contributed by atoms with E-state index >= 15 is 0 Å². The summed E-state index contributed by atoms with van der Waals surface area (Å²) in [5.74, 6) is 0.659. The molecule has 11 heteroatoms. The molecule has 4 rings (SSSR count). The van der Waals surface area contributed by atoms with Gasteiger partial charge in [0.15, 0.2) is 12.1 Å². The molecule has 0 radical (unpaired) electrons. The zero-order chi connectivity index (χ0) is 24.2. The summed E-state index contributed by atoms with van der Waals surface area (Å²) in [6.45, 7) is 0.815. The second kappa shape index (κ2) is 10.5. The summed E-state index contributed by atoms with van der Waals surface area (Å²) in [6, 6.07) is 17.5. The summed E-state index contributed by atoms with van der Waals surface area (Å²) in [5.41, 5.74) is 0.733. The lowest BCUT2D eigenvalue weighted by molar-refractivity contribution is -0.219. The van der Waals surface area contributed by atoms with Gasteiger partial charge < -0.3 is 30.1 Å². The number of aromatic nitrogens is 3. The fraction of sp³-hybridized carbons (Fsp3) is 0.348. The van der Waals surface area contributed by atoms with Gasteiger partial charge in [0.1, 0.15) is 36.7 Å². The van der Waals surface area contributed by atoms with Crippen LogP contribution in [0.5, 0.6) is 5.75 Å². The molecule has 0 spiro atoms. The van der Waals surface area contributed by atoms with Crippen LogP contribution < -0.4 is 10.1 Å². The molecular weight excluding hydrogens is 460 g/mol. The van der Waals surface area contributed by atoms with Crippen molar-refractivity contribution >= 4 is 18.1 Å². The average molecular weight is 487 g/mol. The van der Waals surface area contributed by atoms with E-state index in [-0.39, 0.29) is 11.4 Å². The van der Waals surface area contributed by atoms with Gasteiger partial charge in [0, 0.05) is 12.6 Å². The Bertz CT molecular complexity index is 1170. The Morgan fingerprint density at radius 1 is 1.12 bits per heavy atom. The summed E-state index contributed by atoms with van der Waals surface area (Å²) in [7, 11) is 0. The molecule has 0 unspecified atom stereocenters. The Hall–Kier alpha value is -3.09. The van der Waals surface area contributed by atoms with Crippen molar-refractivity contribution < 1.29 is 29.6 Å². The first kappa shape index (κ1) is 24.0.